The largest absolute Gasteiger partial charge is 0.353 e. The van der Waals surface area contributed by atoms with Gasteiger partial charge in [-0.3, -0.25) is 4.79 Å². The van der Waals surface area contributed by atoms with E-state index in [1.54, 1.807) is 0 Å². The fourth-order valence-corrected chi connectivity index (χ4v) is 3.22. The predicted octanol–water partition coefficient (Wildman–Crippen LogP) is 1.55. The van der Waals surface area contributed by atoms with Gasteiger partial charge in [-0.1, -0.05) is 31.0 Å². The molecular formula is C12H19N5OS. The number of carbonyl (C=O) groups is 1. The van der Waals surface area contributed by atoms with E-state index in [1.165, 1.54) is 31.0 Å². The van der Waals surface area contributed by atoms with Gasteiger partial charge in [0.2, 0.25) is 11.1 Å². The zero-order valence-electron chi connectivity index (χ0n) is 10.9. The number of hydrogen-bond donors (Lipinski definition) is 1. The van der Waals surface area contributed by atoms with Crippen molar-refractivity contribution in [2.24, 2.45) is 0 Å². The highest BCUT2D eigenvalue weighted by molar-refractivity contribution is 7.99. The number of thioether (sulfide) groups is 1. The quantitative estimate of drug-likeness (QED) is 0.829. The van der Waals surface area contributed by atoms with Gasteiger partial charge in [-0.25, -0.2) is 4.68 Å². The fourth-order valence-electron chi connectivity index (χ4n) is 2.46. The van der Waals surface area contributed by atoms with Crippen LogP contribution in [-0.4, -0.2) is 37.9 Å². The molecule has 2 aliphatic carbocycles. The molecule has 0 aromatic carbocycles. The Balaban J connectivity index is 1.54. The average Bonchev–Trinajstić information content (AvgIpc) is 3.12. The summed E-state index contributed by atoms with van der Waals surface area (Å²) >= 11 is 1.44. The van der Waals surface area contributed by atoms with E-state index in [1.807, 2.05) is 4.68 Å². The van der Waals surface area contributed by atoms with Crippen molar-refractivity contribution in [1.82, 2.24) is 25.5 Å². The van der Waals surface area contributed by atoms with Crippen molar-refractivity contribution in [2.75, 3.05) is 5.75 Å². The monoisotopic (exact) mass is 281 g/mol. The van der Waals surface area contributed by atoms with Crippen LogP contribution in [0.2, 0.25) is 0 Å². The first kappa shape index (κ1) is 12.9. The van der Waals surface area contributed by atoms with Crippen LogP contribution in [0.1, 0.15) is 51.0 Å². The number of rotatable bonds is 5. The van der Waals surface area contributed by atoms with E-state index < -0.39 is 0 Å². The van der Waals surface area contributed by atoms with Crippen molar-refractivity contribution in [3.63, 3.8) is 0 Å². The molecule has 19 heavy (non-hydrogen) atoms. The SMILES string of the molecule is O=C(CSc1nnnn1C1CCCCC1)NC1CC1. The van der Waals surface area contributed by atoms with Crippen LogP contribution in [0.3, 0.4) is 0 Å². The van der Waals surface area contributed by atoms with E-state index in [0.29, 0.717) is 17.8 Å². The Morgan fingerprint density at radius 1 is 1.26 bits per heavy atom. The standard InChI is InChI=1S/C12H19N5OS/c18-11(13-9-6-7-9)8-19-12-14-15-16-17(12)10-4-2-1-3-5-10/h9-10H,1-8H2,(H,13,18). The Morgan fingerprint density at radius 3 is 2.79 bits per heavy atom. The van der Waals surface area contributed by atoms with Crippen molar-refractivity contribution in [2.45, 2.75) is 62.2 Å². The minimum absolute atomic E-state index is 0.0886. The van der Waals surface area contributed by atoms with Crippen LogP contribution in [0.15, 0.2) is 5.16 Å². The third-order valence-corrected chi connectivity index (χ3v) is 4.59. The maximum Gasteiger partial charge on any atom is 0.230 e. The Hall–Kier alpha value is -1.11. The van der Waals surface area contributed by atoms with Crippen LogP contribution >= 0.6 is 11.8 Å². The lowest BCUT2D eigenvalue weighted by Gasteiger charge is -2.21. The molecule has 0 atom stereocenters. The molecule has 0 bridgehead atoms. The number of nitrogens with one attached hydrogen (secondary N) is 1. The first-order valence-electron chi connectivity index (χ1n) is 7.03. The van der Waals surface area contributed by atoms with Crippen LogP contribution < -0.4 is 5.32 Å². The third-order valence-electron chi connectivity index (χ3n) is 3.66. The molecule has 3 rings (SSSR count). The molecule has 6 nitrogen and oxygen atoms in total. The van der Waals surface area contributed by atoms with Crippen molar-refractivity contribution in [3.8, 4) is 0 Å². The fraction of sp³-hybridized carbons (Fsp3) is 0.833. The Labute approximate surface area is 116 Å². The summed E-state index contributed by atoms with van der Waals surface area (Å²) in [5, 5.41) is 15.6. The van der Waals surface area contributed by atoms with E-state index in [4.69, 9.17) is 0 Å². The Bertz CT molecular complexity index is 439. The molecular weight excluding hydrogens is 262 g/mol. The predicted molar refractivity (Wildman–Crippen MR) is 71.8 cm³/mol. The number of aromatic nitrogens is 4. The minimum Gasteiger partial charge on any atom is -0.353 e. The van der Waals surface area contributed by atoms with Gasteiger partial charge in [0.05, 0.1) is 11.8 Å². The first-order valence-corrected chi connectivity index (χ1v) is 8.01. The average molecular weight is 281 g/mol. The summed E-state index contributed by atoms with van der Waals surface area (Å²) in [4.78, 5) is 11.7. The van der Waals surface area contributed by atoms with Crippen LogP contribution in [0.25, 0.3) is 0 Å². The number of carbonyl (C=O) groups excluding carboxylic acids is 1. The van der Waals surface area contributed by atoms with Gasteiger partial charge in [0.15, 0.2) is 0 Å². The highest BCUT2D eigenvalue weighted by atomic mass is 32.2. The summed E-state index contributed by atoms with van der Waals surface area (Å²) in [5.41, 5.74) is 0. The lowest BCUT2D eigenvalue weighted by molar-refractivity contribution is -0.118. The van der Waals surface area contributed by atoms with E-state index in [9.17, 15) is 4.79 Å². The molecule has 0 unspecified atom stereocenters. The number of hydrogen-bond acceptors (Lipinski definition) is 5. The molecule has 0 spiro atoms. The summed E-state index contributed by atoms with van der Waals surface area (Å²) in [7, 11) is 0. The van der Waals surface area contributed by atoms with Gasteiger partial charge >= 0.3 is 0 Å². The molecule has 1 aromatic heterocycles. The Morgan fingerprint density at radius 2 is 2.05 bits per heavy atom. The molecule has 7 heteroatoms. The number of tetrazole rings is 1. The molecule has 1 aromatic rings. The van der Waals surface area contributed by atoms with Gasteiger partial charge in [0.25, 0.3) is 0 Å². The molecule has 1 amide bonds. The maximum atomic E-state index is 11.7. The third kappa shape index (κ3) is 3.46. The minimum atomic E-state index is 0.0886. The molecule has 2 fully saturated rings. The maximum absolute atomic E-state index is 11.7. The van der Waals surface area contributed by atoms with Crippen molar-refractivity contribution in [3.05, 3.63) is 0 Å². The highest BCUT2D eigenvalue weighted by Gasteiger charge is 2.24. The first-order chi connectivity index (χ1) is 9.33. The summed E-state index contributed by atoms with van der Waals surface area (Å²) in [6.45, 7) is 0. The zero-order chi connectivity index (χ0) is 13.1. The van der Waals surface area contributed by atoms with Crippen molar-refractivity contribution >= 4 is 17.7 Å². The number of amides is 1. The lowest BCUT2D eigenvalue weighted by atomic mass is 9.96. The van der Waals surface area contributed by atoms with E-state index in [-0.39, 0.29) is 5.91 Å². The molecule has 2 saturated carbocycles. The molecule has 1 heterocycles. The molecule has 0 radical (unpaired) electrons. The lowest BCUT2D eigenvalue weighted by Crippen LogP contribution is -2.27. The molecule has 104 valence electrons. The molecule has 0 saturated heterocycles. The van der Waals surface area contributed by atoms with E-state index in [2.05, 4.69) is 20.8 Å². The summed E-state index contributed by atoms with van der Waals surface area (Å²) < 4.78 is 1.91. The van der Waals surface area contributed by atoms with Gasteiger partial charge in [0.1, 0.15) is 0 Å². The summed E-state index contributed by atoms with van der Waals surface area (Å²) in [6, 6.07) is 0.834. The van der Waals surface area contributed by atoms with Gasteiger partial charge in [-0.05, 0) is 36.1 Å². The second kappa shape index (κ2) is 5.90. The van der Waals surface area contributed by atoms with Gasteiger partial charge in [0, 0.05) is 6.04 Å². The second-order valence-electron chi connectivity index (χ2n) is 5.33. The summed E-state index contributed by atoms with van der Waals surface area (Å²) in [6.07, 6.45) is 8.34. The second-order valence-corrected chi connectivity index (χ2v) is 6.27. The van der Waals surface area contributed by atoms with Crippen LogP contribution in [0.5, 0.6) is 0 Å². The highest BCUT2D eigenvalue weighted by Crippen LogP contribution is 2.30. The molecule has 2 aliphatic rings. The van der Waals surface area contributed by atoms with Crippen LogP contribution in [-0.2, 0) is 4.79 Å². The van der Waals surface area contributed by atoms with E-state index >= 15 is 0 Å². The van der Waals surface area contributed by atoms with Crippen LogP contribution in [0, 0.1) is 0 Å². The van der Waals surface area contributed by atoms with Crippen molar-refractivity contribution in [1.29, 1.82) is 0 Å². The van der Waals surface area contributed by atoms with Gasteiger partial charge in [-0.2, -0.15) is 0 Å². The normalized spacial score (nSPS) is 20.4. The topological polar surface area (TPSA) is 72.7 Å². The molecule has 0 aliphatic heterocycles. The van der Waals surface area contributed by atoms with E-state index in [0.717, 1.165) is 30.8 Å². The Kier molecular flexibility index (Phi) is 4.00. The van der Waals surface area contributed by atoms with Crippen molar-refractivity contribution < 1.29 is 4.79 Å². The number of nitrogens with zero attached hydrogens (tertiary/aromatic N) is 4. The van der Waals surface area contributed by atoms with Gasteiger partial charge < -0.3 is 5.32 Å². The van der Waals surface area contributed by atoms with Crippen LogP contribution in [0.4, 0.5) is 0 Å². The smallest absolute Gasteiger partial charge is 0.230 e. The zero-order valence-corrected chi connectivity index (χ0v) is 11.7. The molecule has 1 N–H and O–H groups in total. The summed E-state index contributed by atoms with van der Waals surface area (Å²) in [5.74, 6) is 0.495. The van der Waals surface area contributed by atoms with Gasteiger partial charge in [-0.15, -0.1) is 5.10 Å².